The van der Waals surface area contributed by atoms with Gasteiger partial charge >= 0.3 is 5.69 Å². The van der Waals surface area contributed by atoms with Crippen LogP contribution in [0.15, 0.2) is 17.2 Å². The van der Waals surface area contributed by atoms with Gasteiger partial charge in [0.1, 0.15) is 0 Å². The molecule has 0 saturated heterocycles. The molecule has 1 N–H and O–H groups in total. The maximum absolute atomic E-state index is 11.8. The first-order chi connectivity index (χ1) is 7.22. The summed E-state index contributed by atoms with van der Waals surface area (Å²) in [5, 5.41) is 3.20. The number of nitrogens with one attached hydrogen (secondary N) is 1. The van der Waals surface area contributed by atoms with E-state index in [-0.39, 0.29) is 5.69 Å². The summed E-state index contributed by atoms with van der Waals surface area (Å²) in [4.78, 5) is 11.8. The number of hydrogen-bond donors (Lipinski definition) is 1. The molecule has 4 heteroatoms. The third kappa shape index (κ3) is 2.96. The molecule has 0 spiro atoms. The van der Waals surface area contributed by atoms with Crippen molar-refractivity contribution in [2.45, 2.75) is 45.8 Å². The van der Waals surface area contributed by atoms with Gasteiger partial charge in [0.25, 0.3) is 0 Å². The minimum atomic E-state index is 0.102. The van der Waals surface area contributed by atoms with Crippen LogP contribution in [0.1, 0.15) is 26.7 Å². The number of aromatic nitrogens is 2. The van der Waals surface area contributed by atoms with E-state index >= 15 is 0 Å². The van der Waals surface area contributed by atoms with E-state index in [9.17, 15) is 4.79 Å². The summed E-state index contributed by atoms with van der Waals surface area (Å²) >= 11 is 0. The molecule has 0 aliphatic heterocycles. The molecule has 1 aromatic rings. The van der Waals surface area contributed by atoms with Crippen molar-refractivity contribution >= 4 is 0 Å². The molecular formula is C11H21N3O. The molecule has 0 aromatic carbocycles. The van der Waals surface area contributed by atoms with Gasteiger partial charge in [-0.15, -0.1) is 0 Å². The molecule has 86 valence electrons. The molecule has 4 nitrogen and oxygen atoms in total. The molecule has 0 bridgehead atoms. The first kappa shape index (κ1) is 12.0. The van der Waals surface area contributed by atoms with E-state index in [0.717, 1.165) is 25.9 Å². The summed E-state index contributed by atoms with van der Waals surface area (Å²) in [6, 6.07) is 0.375. The molecule has 0 saturated carbocycles. The number of imidazole rings is 1. The van der Waals surface area contributed by atoms with Gasteiger partial charge in [-0.1, -0.05) is 13.8 Å². The highest BCUT2D eigenvalue weighted by Gasteiger charge is 2.07. The highest BCUT2D eigenvalue weighted by Crippen LogP contribution is 1.95. The molecule has 1 rings (SSSR count). The van der Waals surface area contributed by atoms with Gasteiger partial charge in [-0.2, -0.15) is 0 Å². The molecule has 0 radical (unpaired) electrons. The second-order valence-electron chi connectivity index (χ2n) is 3.82. The Hall–Kier alpha value is -1.03. The number of aryl methyl sites for hydroxylation is 1. The minimum Gasteiger partial charge on any atom is -0.315 e. The maximum Gasteiger partial charge on any atom is 0.328 e. The van der Waals surface area contributed by atoms with Crippen LogP contribution in [0.3, 0.4) is 0 Å². The minimum absolute atomic E-state index is 0.102. The lowest BCUT2D eigenvalue weighted by atomic mass is 10.2. The molecule has 15 heavy (non-hydrogen) atoms. The third-order valence-electron chi connectivity index (χ3n) is 2.70. The highest BCUT2D eigenvalue weighted by molar-refractivity contribution is 4.83. The molecule has 1 heterocycles. The number of hydrogen-bond acceptors (Lipinski definition) is 2. The average molecular weight is 211 g/mol. The lowest BCUT2D eigenvalue weighted by Crippen LogP contribution is -2.34. The van der Waals surface area contributed by atoms with Crippen molar-refractivity contribution in [2.75, 3.05) is 7.05 Å². The van der Waals surface area contributed by atoms with Crippen LogP contribution in [0.5, 0.6) is 0 Å². The van der Waals surface area contributed by atoms with Gasteiger partial charge in [-0.25, -0.2) is 4.79 Å². The zero-order chi connectivity index (χ0) is 11.3. The van der Waals surface area contributed by atoms with E-state index in [1.165, 1.54) is 0 Å². The Bertz CT molecular complexity index is 336. The van der Waals surface area contributed by atoms with E-state index in [1.807, 2.05) is 19.4 Å². The second-order valence-corrected chi connectivity index (χ2v) is 3.82. The number of rotatable bonds is 6. The van der Waals surface area contributed by atoms with E-state index in [0.29, 0.717) is 6.04 Å². The van der Waals surface area contributed by atoms with Crippen molar-refractivity contribution < 1.29 is 0 Å². The molecule has 0 aliphatic rings. The van der Waals surface area contributed by atoms with Gasteiger partial charge in [0.15, 0.2) is 0 Å². The lowest BCUT2D eigenvalue weighted by molar-refractivity contribution is 0.456. The van der Waals surface area contributed by atoms with Crippen LogP contribution in [-0.4, -0.2) is 22.2 Å². The first-order valence-corrected chi connectivity index (χ1v) is 5.65. The van der Waals surface area contributed by atoms with Gasteiger partial charge in [-0.05, 0) is 19.9 Å². The van der Waals surface area contributed by atoms with E-state index in [4.69, 9.17) is 0 Å². The smallest absolute Gasteiger partial charge is 0.315 e. The Morgan fingerprint density at radius 2 is 2.00 bits per heavy atom. The summed E-state index contributed by atoms with van der Waals surface area (Å²) in [5.41, 5.74) is 0.102. The van der Waals surface area contributed by atoms with Gasteiger partial charge in [0.05, 0.1) is 0 Å². The predicted molar refractivity (Wildman–Crippen MR) is 62.1 cm³/mol. The Morgan fingerprint density at radius 3 is 2.53 bits per heavy atom. The average Bonchev–Trinajstić information content (AvgIpc) is 2.58. The summed E-state index contributed by atoms with van der Waals surface area (Å²) in [5.74, 6) is 0. The van der Waals surface area contributed by atoms with Crippen LogP contribution in [-0.2, 0) is 13.1 Å². The third-order valence-corrected chi connectivity index (χ3v) is 2.70. The number of likely N-dealkylation sites (N-methyl/N-ethyl adjacent to an activating group) is 1. The summed E-state index contributed by atoms with van der Waals surface area (Å²) in [6.07, 6.45) is 5.77. The Balaban J connectivity index is 2.74. The first-order valence-electron chi connectivity index (χ1n) is 5.65. The fraction of sp³-hybridized carbons (Fsp3) is 0.727. The fourth-order valence-electron chi connectivity index (χ4n) is 1.67. The van der Waals surface area contributed by atoms with Gasteiger partial charge in [0.2, 0.25) is 0 Å². The normalized spacial score (nSPS) is 13.0. The molecule has 0 aliphatic carbocycles. The van der Waals surface area contributed by atoms with E-state index in [1.54, 1.807) is 9.13 Å². The zero-order valence-corrected chi connectivity index (χ0v) is 9.86. The quantitative estimate of drug-likeness (QED) is 0.764. The summed E-state index contributed by atoms with van der Waals surface area (Å²) in [7, 11) is 1.93. The molecule has 0 fully saturated rings. The Kier molecular flexibility index (Phi) is 4.62. The van der Waals surface area contributed by atoms with Gasteiger partial charge < -0.3 is 5.32 Å². The van der Waals surface area contributed by atoms with Gasteiger partial charge in [0, 0.05) is 31.5 Å². The molecule has 1 aromatic heterocycles. The van der Waals surface area contributed by atoms with Crippen molar-refractivity contribution in [3.8, 4) is 0 Å². The molecule has 1 atom stereocenters. The van der Waals surface area contributed by atoms with Crippen LogP contribution < -0.4 is 11.0 Å². The Labute approximate surface area is 90.9 Å². The van der Waals surface area contributed by atoms with Crippen LogP contribution in [0, 0.1) is 0 Å². The Morgan fingerprint density at radius 1 is 1.33 bits per heavy atom. The predicted octanol–water partition coefficient (Wildman–Crippen LogP) is 1.06. The second kappa shape index (κ2) is 5.75. The van der Waals surface area contributed by atoms with Crippen molar-refractivity contribution in [1.29, 1.82) is 0 Å². The topological polar surface area (TPSA) is 39.0 Å². The number of nitrogens with zero attached hydrogens (tertiary/aromatic N) is 2. The van der Waals surface area contributed by atoms with Crippen molar-refractivity contribution in [2.24, 2.45) is 0 Å². The van der Waals surface area contributed by atoms with Crippen molar-refractivity contribution in [1.82, 2.24) is 14.5 Å². The van der Waals surface area contributed by atoms with E-state index in [2.05, 4.69) is 19.2 Å². The maximum atomic E-state index is 11.8. The zero-order valence-electron chi connectivity index (χ0n) is 9.86. The SMILES string of the molecule is CCCn1ccn(CC(CC)NC)c1=O. The monoisotopic (exact) mass is 211 g/mol. The van der Waals surface area contributed by atoms with Crippen LogP contribution >= 0.6 is 0 Å². The van der Waals surface area contributed by atoms with Gasteiger partial charge in [-0.3, -0.25) is 9.13 Å². The molecule has 1 unspecified atom stereocenters. The fourth-order valence-corrected chi connectivity index (χ4v) is 1.67. The van der Waals surface area contributed by atoms with Crippen LogP contribution in [0.2, 0.25) is 0 Å². The van der Waals surface area contributed by atoms with E-state index < -0.39 is 0 Å². The van der Waals surface area contributed by atoms with Crippen molar-refractivity contribution in [3.63, 3.8) is 0 Å². The molecule has 0 amide bonds. The van der Waals surface area contributed by atoms with Crippen molar-refractivity contribution in [3.05, 3.63) is 22.9 Å². The molecular weight excluding hydrogens is 190 g/mol. The lowest BCUT2D eigenvalue weighted by Gasteiger charge is -2.13. The summed E-state index contributed by atoms with van der Waals surface area (Å²) < 4.78 is 3.54. The van der Waals surface area contributed by atoms with Crippen LogP contribution in [0.25, 0.3) is 0 Å². The van der Waals surface area contributed by atoms with Crippen LogP contribution in [0.4, 0.5) is 0 Å². The highest BCUT2D eigenvalue weighted by atomic mass is 16.1. The standard InChI is InChI=1S/C11H21N3O/c1-4-6-13-7-8-14(11(13)15)9-10(5-2)12-3/h7-8,10,12H,4-6,9H2,1-3H3. The largest absolute Gasteiger partial charge is 0.328 e. The summed E-state index contributed by atoms with van der Waals surface area (Å²) in [6.45, 7) is 5.76.